The molecule has 1 spiro atoms. The average molecular weight is 608 g/mol. The van der Waals surface area contributed by atoms with Crippen LogP contribution in [0.5, 0.6) is 0 Å². The highest BCUT2D eigenvalue weighted by Crippen LogP contribution is 2.55. The van der Waals surface area contributed by atoms with Crippen molar-refractivity contribution in [3.63, 3.8) is 0 Å². The van der Waals surface area contributed by atoms with Crippen LogP contribution in [0.1, 0.15) is 5.56 Å². The zero-order valence-electron chi connectivity index (χ0n) is 19.7. The lowest BCUT2D eigenvalue weighted by atomic mass is 9.75. The molecule has 4 amide bonds. The van der Waals surface area contributed by atoms with Crippen molar-refractivity contribution in [2.24, 2.45) is 11.8 Å². The molecule has 39 heavy (non-hydrogen) atoms. The van der Waals surface area contributed by atoms with Gasteiger partial charge in [0.25, 0.3) is 5.91 Å². The summed E-state index contributed by atoms with van der Waals surface area (Å²) in [7, 11) is 0. The summed E-state index contributed by atoms with van der Waals surface area (Å²) < 4.78 is 0. The van der Waals surface area contributed by atoms with E-state index in [-0.39, 0.29) is 37.0 Å². The highest BCUT2D eigenvalue weighted by Gasteiger charge is 2.69. The van der Waals surface area contributed by atoms with Crippen molar-refractivity contribution in [2.45, 2.75) is 5.54 Å². The van der Waals surface area contributed by atoms with E-state index in [1.807, 2.05) is 0 Å². The summed E-state index contributed by atoms with van der Waals surface area (Å²) >= 11 is 24.7. The molecule has 200 valence electrons. The molecule has 9 nitrogen and oxygen atoms in total. The number of hydrogen-bond donors (Lipinski definition) is 4. The summed E-state index contributed by atoms with van der Waals surface area (Å²) in [4.78, 5) is 54.9. The lowest BCUT2D eigenvalue weighted by molar-refractivity contribution is -0.151. The van der Waals surface area contributed by atoms with Gasteiger partial charge in [0, 0.05) is 38.6 Å². The summed E-state index contributed by atoms with van der Waals surface area (Å²) in [5.74, 6) is -6.17. The van der Waals surface area contributed by atoms with Gasteiger partial charge >= 0.3 is 12.0 Å². The Bertz CT molecular complexity index is 1520. The molecule has 4 N–H and O–H groups in total. The number of aliphatic carboxylic acids is 1. The molecule has 2 aliphatic heterocycles. The van der Waals surface area contributed by atoms with Gasteiger partial charge in [0.15, 0.2) is 5.54 Å². The lowest BCUT2D eigenvalue weighted by Crippen LogP contribution is -2.56. The first-order valence-corrected chi connectivity index (χ1v) is 13.0. The molecule has 0 bridgehead atoms. The van der Waals surface area contributed by atoms with Crippen molar-refractivity contribution in [2.75, 3.05) is 22.5 Å². The van der Waals surface area contributed by atoms with Crippen LogP contribution in [-0.2, 0) is 19.9 Å². The molecule has 3 aromatic carbocycles. The molecule has 2 heterocycles. The molecule has 0 aromatic heterocycles. The number of halogens is 4. The number of nitrogens with one attached hydrogen (secondary N) is 3. The van der Waals surface area contributed by atoms with Gasteiger partial charge in [-0.2, -0.15) is 0 Å². The maximum absolute atomic E-state index is 13.8. The number of carboxylic acids is 1. The Morgan fingerprint density at radius 3 is 2.18 bits per heavy atom. The topological polar surface area (TPSA) is 128 Å². The maximum Gasteiger partial charge on any atom is 0.323 e. The summed E-state index contributed by atoms with van der Waals surface area (Å²) in [5, 5.41) is 19.0. The Kier molecular flexibility index (Phi) is 7.11. The minimum atomic E-state index is -2.15. The standard InChI is InChI=1S/C26H18Cl4N4O5/c27-12-6-13(28)8-16(7-12)31-22(35)17-11-34(25(39)32-15-4-2-1-3-5-15)26(20(17)23(36)37)18-9-14(29)10-19(30)21(18)33-24(26)38/h1-10,17,20H,11H2,(H,31,35)(H,32,39)(H,33,38)(H,36,37). The van der Waals surface area contributed by atoms with Gasteiger partial charge in [0.1, 0.15) is 5.92 Å². The van der Waals surface area contributed by atoms with Crippen LogP contribution in [0.25, 0.3) is 0 Å². The molecule has 3 unspecified atom stereocenters. The van der Waals surface area contributed by atoms with Gasteiger partial charge in [-0.3, -0.25) is 14.4 Å². The van der Waals surface area contributed by atoms with Crippen LogP contribution >= 0.6 is 46.4 Å². The third-order valence-corrected chi connectivity index (χ3v) is 7.66. The number of amides is 4. The number of para-hydroxylation sites is 1. The molecular weight excluding hydrogens is 590 g/mol. The molecule has 1 fully saturated rings. The molecular formula is C26H18Cl4N4O5. The maximum atomic E-state index is 13.8. The van der Waals surface area contributed by atoms with Crippen molar-refractivity contribution < 1.29 is 24.3 Å². The number of hydrogen-bond acceptors (Lipinski definition) is 4. The smallest absolute Gasteiger partial charge is 0.323 e. The first-order chi connectivity index (χ1) is 18.5. The fourth-order valence-corrected chi connectivity index (χ4v) is 6.28. The Labute approximate surface area is 242 Å². The number of carbonyl (C=O) groups excluding carboxylic acids is 3. The summed E-state index contributed by atoms with van der Waals surface area (Å²) in [6, 6.07) is 14.7. The first-order valence-electron chi connectivity index (χ1n) is 11.5. The van der Waals surface area contributed by atoms with E-state index < -0.39 is 47.7 Å². The Morgan fingerprint density at radius 2 is 1.54 bits per heavy atom. The van der Waals surface area contributed by atoms with E-state index in [0.29, 0.717) is 5.69 Å². The minimum Gasteiger partial charge on any atom is -0.481 e. The van der Waals surface area contributed by atoms with Crippen molar-refractivity contribution in [3.8, 4) is 0 Å². The van der Waals surface area contributed by atoms with Crippen LogP contribution in [-0.4, -0.2) is 40.4 Å². The fraction of sp³-hybridized carbons (Fsp3) is 0.154. The zero-order valence-corrected chi connectivity index (χ0v) is 22.7. The highest BCUT2D eigenvalue weighted by molar-refractivity contribution is 6.38. The predicted molar refractivity (Wildman–Crippen MR) is 149 cm³/mol. The normalized spacial score (nSPS) is 21.4. The van der Waals surface area contributed by atoms with E-state index in [9.17, 15) is 24.3 Å². The molecule has 3 aromatic rings. The second-order valence-electron chi connectivity index (χ2n) is 9.01. The third kappa shape index (κ3) is 4.65. The van der Waals surface area contributed by atoms with Crippen molar-refractivity contribution >= 4 is 87.3 Å². The average Bonchev–Trinajstić information content (AvgIpc) is 3.36. The van der Waals surface area contributed by atoms with Crippen LogP contribution in [0.15, 0.2) is 60.7 Å². The SMILES string of the molecule is O=C(Nc1cc(Cl)cc(Cl)c1)C1CN(C(=O)Nc2ccccc2)C2(C(=O)Nc3c(Cl)cc(Cl)cc32)C1C(=O)O. The quantitative estimate of drug-likeness (QED) is 0.291. The Hall–Kier alpha value is -3.50. The molecule has 3 atom stereocenters. The van der Waals surface area contributed by atoms with E-state index >= 15 is 0 Å². The van der Waals surface area contributed by atoms with Crippen LogP contribution in [0, 0.1) is 11.8 Å². The molecule has 1 saturated heterocycles. The largest absolute Gasteiger partial charge is 0.481 e. The van der Waals surface area contributed by atoms with Gasteiger partial charge in [-0.25, -0.2) is 4.79 Å². The molecule has 0 aliphatic carbocycles. The molecule has 2 aliphatic rings. The molecule has 13 heteroatoms. The predicted octanol–water partition coefficient (Wildman–Crippen LogP) is 5.95. The van der Waals surface area contributed by atoms with Crippen LogP contribution in [0.3, 0.4) is 0 Å². The Balaban J connectivity index is 1.64. The number of carbonyl (C=O) groups is 4. The van der Waals surface area contributed by atoms with Crippen molar-refractivity contribution in [1.29, 1.82) is 0 Å². The van der Waals surface area contributed by atoms with E-state index in [0.717, 1.165) is 4.90 Å². The Morgan fingerprint density at radius 1 is 0.897 bits per heavy atom. The first kappa shape index (κ1) is 27.1. The number of likely N-dealkylation sites (tertiary alicyclic amines) is 1. The van der Waals surface area contributed by atoms with Crippen molar-refractivity contribution in [1.82, 2.24) is 4.90 Å². The summed E-state index contributed by atoms with van der Waals surface area (Å²) in [6.45, 7) is -0.424. The van der Waals surface area contributed by atoms with Gasteiger partial charge in [-0.05, 0) is 42.5 Å². The number of carboxylic acid groups (broad SMARTS) is 1. The van der Waals surface area contributed by atoms with Gasteiger partial charge in [0.05, 0.1) is 16.6 Å². The van der Waals surface area contributed by atoms with Gasteiger partial charge in [0.2, 0.25) is 5.91 Å². The summed E-state index contributed by atoms with van der Waals surface area (Å²) in [5.41, 5.74) is -1.36. The zero-order chi connectivity index (χ0) is 28.1. The number of benzene rings is 3. The van der Waals surface area contributed by atoms with Crippen LogP contribution in [0.2, 0.25) is 20.1 Å². The number of rotatable bonds is 4. The fourth-order valence-electron chi connectivity index (χ4n) is 5.22. The van der Waals surface area contributed by atoms with E-state index in [2.05, 4.69) is 16.0 Å². The second-order valence-corrected chi connectivity index (χ2v) is 10.7. The summed E-state index contributed by atoms with van der Waals surface area (Å²) in [6.07, 6.45) is 0. The van der Waals surface area contributed by atoms with Gasteiger partial charge in [-0.1, -0.05) is 64.6 Å². The second kappa shape index (κ2) is 10.2. The third-order valence-electron chi connectivity index (χ3n) is 6.71. The highest BCUT2D eigenvalue weighted by atomic mass is 35.5. The van der Waals surface area contributed by atoms with E-state index in [4.69, 9.17) is 46.4 Å². The number of anilines is 3. The van der Waals surface area contributed by atoms with Crippen LogP contribution in [0.4, 0.5) is 21.9 Å². The lowest BCUT2D eigenvalue weighted by Gasteiger charge is -2.36. The number of nitrogens with zero attached hydrogens (tertiary/aromatic N) is 1. The molecule has 5 rings (SSSR count). The number of urea groups is 1. The molecule has 0 saturated carbocycles. The number of fused-ring (bicyclic) bond motifs is 2. The van der Waals surface area contributed by atoms with Crippen molar-refractivity contribution in [3.05, 3.63) is 86.3 Å². The van der Waals surface area contributed by atoms with E-state index in [1.54, 1.807) is 30.3 Å². The van der Waals surface area contributed by atoms with E-state index in [1.165, 1.54) is 30.3 Å². The monoisotopic (exact) mass is 606 g/mol. The van der Waals surface area contributed by atoms with Gasteiger partial charge in [-0.15, -0.1) is 0 Å². The van der Waals surface area contributed by atoms with Crippen LogP contribution < -0.4 is 16.0 Å². The molecule has 0 radical (unpaired) electrons. The minimum absolute atomic E-state index is 0.0525. The van der Waals surface area contributed by atoms with Gasteiger partial charge < -0.3 is 26.0 Å².